The Hall–Kier alpha value is -1.91. The SMILES string of the molecule is CNCCc1ccccc1-c1nc2cc(Cl)c(F)cc2o1. The molecule has 0 radical (unpaired) electrons. The molecule has 0 fully saturated rings. The van der Waals surface area contributed by atoms with E-state index in [4.69, 9.17) is 16.0 Å². The molecule has 3 aromatic rings. The molecule has 21 heavy (non-hydrogen) atoms. The molecule has 0 saturated carbocycles. The van der Waals surface area contributed by atoms with Gasteiger partial charge >= 0.3 is 0 Å². The second kappa shape index (κ2) is 5.84. The van der Waals surface area contributed by atoms with Crippen molar-refractivity contribution in [3.8, 4) is 11.5 Å². The molecule has 108 valence electrons. The lowest BCUT2D eigenvalue weighted by Gasteiger charge is -2.05. The van der Waals surface area contributed by atoms with Crippen molar-refractivity contribution in [1.29, 1.82) is 0 Å². The van der Waals surface area contributed by atoms with E-state index in [0.717, 1.165) is 24.1 Å². The van der Waals surface area contributed by atoms with Gasteiger partial charge in [0, 0.05) is 11.6 Å². The number of oxazole rings is 1. The summed E-state index contributed by atoms with van der Waals surface area (Å²) in [5.41, 5.74) is 3.00. The summed E-state index contributed by atoms with van der Waals surface area (Å²) in [5, 5.41) is 3.17. The Kier molecular flexibility index (Phi) is 3.90. The molecule has 0 saturated heterocycles. The number of aromatic nitrogens is 1. The first-order valence-corrected chi connectivity index (χ1v) is 7.05. The average molecular weight is 305 g/mol. The summed E-state index contributed by atoms with van der Waals surface area (Å²) in [7, 11) is 1.91. The van der Waals surface area contributed by atoms with Crippen molar-refractivity contribution in [1.82, 2.24) is 10.3 Å². The van der Waals surface area contributed by atoms with Crippen molar-refractivity contribution in [3.63, 3.8) is 0 Å². The van der Waals surface area contributed by atoms with Crippen LogP contribution in [0.5, 0.6) is 0 Å². The number of fused-ring (bicyclic) bond motifs is 1. The van der Waals surface area contributed by atoms with Gasteiger partial charge in [0.15, 0.2) is 5.58 Å². The number of nitrogens with zero attached hydrogens (tertiary/aromatic N) is 1. The van der Waals surface area contributed by atoms with Crippen molar-refractivity contribution in [2.45, 2.75) is 6.42 Å². The van der Waals surface area contributed by atoms with Crippen LogP contribution in [-0.4, -0.2) is 18.6 Å². The van der Waals surface area contributed by atoms with Crippen LogP contribution in [0.4, 0.5) is 4.39 Å². The predicted octanol–water partition coefficient (Wildman–Crippen LogP) is 4.05. The van der Waals surface area contributed by atoms with E-state index in [1.165, 1.54) is 12.1 Å². The predicted molar refractivity (Wildman–Crippen MR) is 82.0 cm³/mol. The zero-order valence-corrected chi connectivity index (χ0v) is 12.2. The molecular weight excluding hydrogens is 291 g/mol. The topological polar surface area (TPSA) is 38.1 Å². The van der Waals surface area contributed by atoms with E-state index in [9.17, 15) is 4.39 Å². The van der Waals surface area contributed by atoms with Crippen LogP contribution in [-0.2, 0) is 6.42 Å². The molecule has 5 heteroatoms. The molecule has 3 nitrogen and oxygen atoms in total. The van der Waals surface area contributed by atoms with Crippen LogP contribution in [0.3, 0.4) is 0 Å². The minimum atomic E-state index is -0.504. The highest BCUT2D eigenvalue weighted by Gasteiger charge is 2.13. The van der Waals surface area contributed by atoms with Crippen LogP contribution >= 0.6 is 11.6 Å². The van der Waals surface area contributed by atoms with Crippen molar-refractivity contribution in [2.24, 2.45) is 0 Å². The van der Waals surface area contributed by atoms with Crippen LogP contribution in [0.15, 0.2) is 40.8 Å². The molecule has 0 unspecified atom stereocenters. The van der Waals surface area contributed by atoms with E-state index in [1.807, 2.05) is 31.3 Å². The van der Waals surface area contributed by atoms with Crippen molar-refractivity contribution in [2.75, 3.05) is 13.6 Å². The fourth-order valence-corrected chi connectivity index (χ4v) is 2.40. The molecule has 1 heterocycles. The van der Waals surface area contributed by atoms with E-state index in [-0.39, 0.29) is 5.02 Å². The van der Waals surface area contributed by atoms with Crippen LogP contribution in [0, 0.1) is 5.82 Å². The number of nitrogens with one attached hydrogen (secondary N) is 1. The Balaban J connectivity index is 2.08. The molecular formula is C16H14ClFN2O. The molecule has 0 bridgehead atoms. The van der Waals surface area contributed by atoms with Crippen LogP contribution < -0.4 is 5.32 Å². The first-order chi connectivity index (χ1) is 10.2. The Labute approximate surface area is 126 Å². The molecule has 0 aliphatic heterocycles. The van der Waals surface area contributed by atoms with E-state index >= 15 is 0 Å². The van der Waals surface area contributed by atoms with Gasteiger partial charge in [-0.15, -0.1) is 0 Å². The van der Waals surface area contributed by atoms with Gasteiger partial charge in [-0.2, -0.15) is 0 Å². The molecule has 3 rings (SSSR count). The van der Waals surface area contributed by atoms with Gasteiger partial charge in [0.2, 0.25) is 5.89 Å². The Morgan fingerprint density at radius 3 is 2.90 bits per heavy atom. The van der Waals surface area contributed by atoms with E-state index < -0.39 is 5.82 Å². The first kappa shape index (κ1) is 14.0. The fraction of sp³-hybridized carbons (Fsp3) is 0.188. The number of rotatable bonds is 4. The van der Waals surface area contributed by atoms with Gasteiger partial charge in [-0.3, -0.25) is 0 Å². The second-order valence-corrected chi connectivity index (χ2v) is 5.17. The van der Waals surface area contributed by atoms with Gasteiger partial charge in [-0.25, -0.2) is 9.37 Å². The lowest BCUT2D eigenvalue weighted by molar-refractivity contribution is 0.602. The molecule has 2 aromatic carbocycles. The monoisotopic (exact) mass is 304 g/mol. The number of hydrogen-bond acceptors (Lipinski definition) is 3. The average Bonchev–Trinajstić information content (AvgIpc) is 2.88. The van der Waals surface area contributed by atoms with Crippen molar-refractivity contribution >= 4 is 22.7 Å². The molecule has 0 atom stereocenters. The summed E-state index contributed by atoms with van der Waals surface area (Å²) in [4.78, 5) is 4.42. The summed E-state index contributed by atoms with van der Waals surface area (Å²) in [6.45, 7) is 0.859. The van der Waals surface area contributed by atoms with Gasteiger partial charge in [-0.1, -0.05) is 29.8 Å². The number of halogens is 2. The van der Waals surface area contributed by atoms with E-state index in [2.05, 4.69) is 10.3 Å². The van der Waals surface area contributed by atoms with Crippen LogP contribution in [0.25, 0.3) is 22.6 Å². The van der Waals surface area contributed by atoms with Crippen molar-refractivity contribution < 1.29 is 8.81 Å². The zero-order valence-electron chi connectivity index (χ0n) is 11.5. The third kappa shape index (κ3) is 2.77. The maximum Gasteiger partial charge on any atom is 0.227 e. The maximum atomic E-state index is 13.5. The maximum absolute atomic E-state index is 13.5. The Bertz CT molecular complexity index is 746. The van der Waals surface area contributed by atoms with E-state index in [0.29, 0.717) is 17.0 Å². The summed E-state index contributed by atoms with van der Waals surface area (Å²) >= 11 is 5.78. The highest BCUT2D eigenvalue weighted by Crippen LogP contribution is 2.29. The highest BCUT2D eigenvalue weighted by molar-refractivity contribution is 6.31. The molecule has 0 amide bonds. The first-order valence-electron chi connectivity index (χ1n) is 6.67. The number of hydrogen-bond donors (Lipinski definition) is 1. The molecule has 0 aliphatic rings. The smallest absolute Gasteiger partial charge is 0.227 e. The largest absolute Gasteiger partial charge is 0.436 e. The van der Waals surface area contributed by atoms with Crippen molar-refractivity contribution in [3.05, 3.63) is 52.8 Å². The Morgan fingerprint density at radius 1 is 1.29 bits per heavy atom. The van der Waals surface area contributed by atoms with Crippen LogP contribution in [0.1, 0.15) is 5.56 Å². The van der Waals surface area contributed by atoms with Gasteiger partial charge < -0.3 is 9.73 Å². The quantitative estimate of drug-likeness (QED) is 0.790. The molecule has 0 aliphatic carbocycles. The van der Waals surface area contributed by atoms with Gasteiger partial charge in [0.1, 0.15) is 11.3 Å². The van der Waals surface area contributed by atoms with Gasteiger partial charge in [0.25, 0.3) is 0 Å². The lowest BCUT2D eigenvalue weighted by Crippen LogP contribution is -2.10. The normalized spacial score (nSPS) is 11.2. The summed E-state index contributed by atoms with van der Waals surface area (Å²) in [6, 6.07) is 10.6. The third-order valence-electron chi connectivity index (χ3n) is 3.32. The number of likely N-dealkylation sites (N-methyl/N-ethyl adjacent to an activating group) is 1. The molecule has 0 spiro atoms. The van der Waals surface area contributed by atoms with Gasteiger partial charge in [-0.05, 0) is 37.7 Å². The standard InChI is InChI=1S/C16H14ClFN2O/c1-19-7-6-10-4-2-3-5-11(10)16-20-14-8-12(17)13(18)9-15(14)21-16/h2-5,8-9,19H,6-7H2,1H3. The second-order valence-electron chi connectivity index (χ2n) is 4.76. The summed E-state index contributed by atoms with van der Waals surface area (Å²) in [6.07, 6.45) is 0.862. The third-order valence-corrected chi connectivity index (χ3v) is 3.61. The van der Waals surface area contributed by atoms with Gasteiger partial charge in [0.05, 0.1) is 5.02 Å². The summed E-state index contributed by atoms with van der Waals surface area (Å²) in [5.74, 6) is -0.0197. The fourth-order valence-electron chi connectivity index (χ4n) is 2.25. The molecule has 1 N–H and O–H groups in total. The Morgan fingerprint density at radius 2 is 2.10 bits per heavy atom. The summed E-state index contributed by atoms with van der Waals surface area (Å²) < 4.78 is 19.2. The molecule has 1 aromatic heterocycles. The minimum Gasteiger partial charge on any atom is -0.436 e. The highest BCUT2D eigenvalue weighted by atomic mass is 35.5. The number of benzene rings is 2. The van der Waals surface area contributed by atoms with Crippen LogP contribution in [0.2, 0.25) is 5.02 Å². The zero-order chi connectivity index (χ0) is 14.8. The lowest BCUT2D eigenvalue weighted by atomic mass is 10.0. The van der Waals surface area contributed by atoms with E-state index in [1.54, 1.807) is 0 Å². The minimum absolute atomic E-state index is 0.0471.